The second-order valence-corrected chi connectivity index (χ2v) is 4.96. The van der Waals surface area contributed by atoms with E-state index in [1.54, 1.807) is 12.1 Å². The summed E-state index contributed by atoms with van der Waals surface area (Å²) in [7, 11) is 0. The SMILES string of the molecule is Cc1ccc(NC(=O)C(=O)Nc2ccc(Cl)c([N+](=O)[O-])c2)nc1. The van der Waals surface area contributed by atoms with Crippen LogP contribution in [0.1, 0.15) is 5.56 Å². The van der Waals surface area contributed by atoms with Gasteiger partial charge in [0.2, 0.25) is 0 Å². The lowest BCUT2D eigenvalue weighted by atomic mass is 10.2. The Balaban J connectivity index is 2.06. The number of rotatable bonds is 3. The summed E-state index contributed by atoms with van der Waals surface area (Å²) in [6, 6.07) is 6.95. The van der Waals surface area contributed by atoms with E-state index in [1.165, 1.54) is 18.3 Å². The van der Waals surface area contributed by atoms with Crippen LogP contribution in [0.2, 0.25) is 5.02 Å². The molecule has 0 aliphatic rings. The van der Waals surface area contributed by atoms with Crippen molar-refractivity contribution in [2.24, 2.45) is 0 Å². The third kappa shape index (κ3) is 4.24. The quantitative estimate of drug-likeness (QED) is 0.508. The number of nitro groups is 1. The number of benzene rings is 1. The minimum absolute atomic E-state index is 0.0682. The zero-order valence-electron chi connectivity index (χ0n) is 11.9. The number of hydrogen-bond acceptors (Lipinski definition) is 5. The summed E-state index contributed by atoms with van der Waals surface area (Å²) in [6.45, 7) is 1.83. The topological polar surface area (TPSA) is 114 Å². The van der Waals surface area contributed by atoms with E-state index in [0.717, 1.165) is 11.6 Å². The first-order valence-corrected chi connectivity index (χ1v) is 6.73. The molecule has 0 aliphatic heterocycles. The molecule has 23 heavy (non-hydrogen) atoms. The summed E-state index contributed by atoms with van der Waals surface area (Å²) in [6.07, 6.45) is 1.54. The van der Waals surface area contributed by atoms with E-state index in [9.17, 15) is 19.7 Å². The first-order chi connectivity index (χ1) is 10.9. The van der Waals surface area contributed by atoms with Gasteiger partial charge in [0.15, 0.2) is 0 Å². The van der Waals surface area contributed by atoms with E-state index in [1.807, 2.05) is 6.92 Å². The average Bonchev–Trinajstić information content (AvgIpc) is 2.51. The van der Waals surface area contributed by atoms with Crippen LogP contribution in [0, 0.1) is 17.0 Å². The van der Waals surface area contributed by atoms with Gasteiger partial charge in [-0.15, -0.1) is 0 Å². The van der Waals surface area contributed by atoms with Crippen molar-refractivity contribution in [2.75, 3.05) is 10.6 Å². The van der Waals surface area contributed by atoms with E-state index in [-0.39, 0.29) is 22.2 Å². The van der Waals surface area contributed by atoms with Crippen molar-refractivity contribution in [2.45, 2.75) is 6.92 Å². The molecular weight excluding hydrogens is 324 g/mol. The van der Waals surface area contributed by atoms with E-state index < -0.39 is 16.7 Å². The molecule has 2 rings (SSSR count). The van der Waals surface area contributed by atoms with Crippen molar-refractivity contribution in [3.05, 3.63) is 57.2 Å². The van der Waals surface area contributed by atoms with Crippen LogP contribution in [0.4, 0.5) is 17.2 Å². The summed E-state index contributed by atoms with van der Waals surface area (Å²) < 4.78 is 0. The standard InChI is InChI=1S/C14H11ClN4O4/c1-8-2-5-12(16-7-8)18-14(21)13(20)17-9-3-4-10(15)11(6-9)19(22)23/h2-7H,1H3,(H,17,20)(H,16,18,21). The minimum Gasteiger partial charge on any atom is -0.318 e. The number of aromatic nitrogens is 1. The van der Waals surface area contributed by atoms with Crippen LogP contribution in [0.3, 0.4) is 0 Å². The Morgan fingerprint density at radius 1 is 1.17 bits per heavy atom. The van der Waals surface area contributed by atoms with Crippen molar-refractivity contribution in [3.8, 4) is 0 Å². The van der Waals surface area contributed by atoms with Crippen LogP contribution in [-0.2, 0) is 9.59 Å². The highest BCUT2D eigenvalue weighted by Gasteiger charge is 2.18. The molecule has 118 valence electrons. The Kier molecular flexibility index (Phi) is 4.87. The number of halogens is 1. The number of amides is 2. The second kappa shape index (κ2) is 6.84. The van der Waals surface area contributed by atoms with E-state index in [4.69, 9.17) is 11.6 Å². The lowest BCUT2D eigenvalue weighted by Gasteiger charge is -2.06. The van der Waals surface area contributed by atoms with Crippen LogP contribution >= 0.6 is 11.6 Å². The lowest BCUT2D eigenvalue weighted by molar-refractivity contribution is -0.384. The predicted molar refractivity (Wildman–Crippen MR) is 84.3 cm³/mol. The molecule has 0 atom stereocenters. The molecule has 1 aromatic heterocycles. The number of anilines is 2. The van der Waals surface area contributed by atoms with Gasteiger partial charge in [-0.05, 0) is 30.7 Å². The highest BCUT2D eigenvalue weighted by atomic mass is 35.5. The summed E-state index contributed by atoms with van der Waals surface area (Å²) in [5, 5.41) is 15.3. The molecule has 0 spiro atoms. The van der Waals surface area contributed by atoms with Crippen molar-refractivity contribution in [3.63, 3.8) is 0 Å². The Labute approximate surface area is 135 Å². The third-order valence-electron chi connectivity index (χ3n) is 2.76. The van der Waals surface area contributed by atoms with Gasteiger partial charge < -0.3 is 10.6 Å². The molecule has 0 aliphatic carbocycles. The summed E-state index contributed by atoms with van der Waals surface area (Å²) in [4.78, 5) is 37.6. The first-order valence-electron chi connectivity index (χ1n) is 6.36. The Bertz CT molecular complexity index is 777. The minimum atomic E-state index is -0.982. The van der Waals surface area contributed by atoms with E-state index >= 15 is 0 Å². The van der Waals surface area contributed by atoms with Gasteiger partial charge in [0.05, 0.1) is 4.92 Å². The maximum absolute atomic E-state index is 11.8. The molecule has 0 saturated heterocycles. The number of nitrogens with one attached hydrogen (secondary N) is 2. The van der Waals surface area contributed by atoms with Crippen LogP contribution in [0.15, 0.2) is 36.5 Å². The van der Waals surface area contributed by atoms with Crippen molar-refractivity contribution < 1.29 is 14.5 Å². The highest BCUT2D eigenvalue weighted by molar-refractivity contribution is 6.43. The smallest absolute Gasteiger partial charge is 0.315 e. The maximum atomic E-state index is 11.8. The highest BCUT2D eigenvalue weighted by Crippen LogP contribution is 2.27. The van der Waals surface area contributed by atoms with Gasteiger partial charge >= 0.3 is 11.8 Å². The number of carbonyl (C=O) groups is 2. The fourth-order valence-corrected chi connectivity index (χ4v) is 1.82. The van der Waals surface area contributed by atoms with Gasteiger partial charge in [-0.25, -0.2) is 4.98 Å². The number of carbonyl (C=O) groups excluding carboxylic acids is 2. The average molecular weight is 335 g/mol. The lowest BCUT2D eigenvalue weighted by Crippen LogP contribution is -2.29. The molecule has 0 bridgehead atoms. The van der Waals surface area contributed by atoms with Crippen molar-refractivity contribution >= 4 is 40.6 Å². The van der Waals surface area contributed by atoms with Gasteiger partial charge in [-0.1, -0.05) is 17.7 Å². The molecule has 2 aromatic rings. The molecule has 0 fully saturated rings. The first kappa shape index (κ1) is 16.4. The zero-order valence-corrected chi connectivity index (χ0v) is 12.6. The van der Waals surface area contributed by atoms with Gasteiger partial charge in [0, 0.05) is 18.0 Å². The molecular formula is C14H11ClN4O4. The molecule has 0 unspecified atom stereocenters. The predicted octanol–water partition coefficient (Wildman–Crippen LogP) is 2.53. The third-order valence-corrected chi connectivity index (χ3v) is 3.08. The van der Waals surface area contributed by atoms with Gasteiger partial charge in [-0.3, -0.25) is 19.7 Å². The van der Waals surface area contributed by atoms with Crippen LogP contribution in [0.5, 0.6) is 0 Å². The van der Waals surface area contributed by atoms with Crippen molar-refractivity contribution in [1.82, 2.24) is 4.98 Å². The Hall–Kier alpha value is -3.00. The number of hydrogen-bond donors (Lipinski definition) is 2. The van der Waals surface area contributed by atoms with Gasteiger partial charge in [0.25, 0.3) is 5.69 Å². The van der Waals surface area contributed by atoms with Crippen molar-refractivity contribution in [1.29, 1.82) is 0 Å². The molecule has 8 nitrogen and oxygen atoms in total. The zero-order chi connectivity index (χ0) is 17.0. The molecule has 1 aromatic carbocycles. The summed E-state index contributed by atoms with van der Waals surface area (Å²) >= 11 is 5.67. The largest absolute Gasteiger partial charge is 0.318 e. The molecule has 9 heteroatoms. The molecule has 2 amide bonds. The normalized spacial score (nSPS) is 10.0. The van der Waals surface area contributed by atoms with Gasteiger partial charge in [0.1, 0.15) is 10.8 Å². The molecule has 0 radical (unpaired) electrons. The number of aryl methyl sites for hydroxylation is 1. The maximum Gasteiger partial charge on any atom is 0.315 e. The second-order valence-electron chi connectivity index (χ2n) is 4.55. The number of pyridine rings is 1. The Morgan fingerprint density at radius 2 is 1.87 bits per heavy atom. The fraction of sp³-hybridized carbons (Fsp3) is 0.0714. The fourth-order valence-electron chi connectivity index (χ4n) is 1.63. The number of nitrogens with zero attached hydrogens (tertiary/aromatic N) is 2. The molecule has 1 heterocycles. The number of nitro benzene ring substituents is 1. The molecule has 0 saturated carbocycles. The van der Waals surface area contributed by atoms with E-state index in [0.29, 0.717) is 0 Å². The van der Waals surface area contributed by atoms with E-state index in [2.05, 4.69) is 15.6 Å². The Morgan fingerprint density at radius 3 is 2.48 bits per heavy atom. The van der Waals surface area contributed by atoms with Gasteiger partial charge in [-0.2, -0.15) is 0 Å². The van der Waals surface area contributed by atoms with Crippen LogP contribution < -0.4 is 10.6 Å². The summed E-state index contributed by atoms with van der Waals surface area (Å²) in [5.74, 6) is -1.71. The summed E-state index contributed by atoms with van der Waals surface area (Å²) in [5.41, 5.74) is 0.615. The molecule has 2 N–H and O–H groups in total. The van der Waals surface area contributed by atoms with Crippen LogP contribution in [0.25, 0.3) is 0 Å². The van der Waals surface area contributed by atoms with Crippen LogP contribution in [-0.4, -0.2) is 21.7 Å². The monoisotopic (exact) mass is 334 g/mol.